The lowest BCUT2D eigenvalue weighted by molar-refractivity contribution is 0.497. The Hall–Kier alpha value is -0.670. The first-order chi connectivity index (χ1) is 6.15. The first kappa shape index (κ1) is 10.4. The van der Waals surface area contributed by atoms with E-state index in [2.05, 4.69) is 0 Å². The normalized spacial score (nSPS) is 10.5. The largest absolute Gasteiger partial charge is 0.330 e. The van der Waals surface area contributed by atoms with Crippen LogP contribution in [0.5, 0.6) is 0 Å². The van der Waals surface area contributed by atoms with Crippen molar-refractivity contribution in [2.45, 2.75) is 12.8 Å². The molecule has 0 unspecified atom stereocenters. The molecule has 0 atom stereocenters. The molecule has 0 radical (unpaired) electrons. The van der Waals surface area contributed by atoms with E-state index in [4.69, 9.17) is 17.3 Å². The van der Waals surface area contributed by atoms with Gasteiger partial charge < -0.3 is 5.73 Å². The van der Waals surface area contributed by atoms with Gasteiger partial charge in [0.2, 0.25) is 0 Å². The third-order valence-electron chi connectivity index (χ3n) is 1.72. The van der Waals surface area contributed by atoms with Crippen LogP contribution in [0.25, 0.3) is 0 Å². The quantitative estimate of drug-likeness (QED) is 0.754. The van der Waals surface area contributed by atoms with Crippen LogP contribution in [0.2, 0.25) is 5.02 Å². The summed E-state index contributed by atoms with van der Waals surface area (Å²) in [6.45, 7) is 0.452. The van der Waals surface area contributed by atoms with Gasteiger partial charge in [0, 0.05) is 5.02 Å². The van der Waals surface area contributed by atoms with Gasteiger partial charge >= 0.3 is 0 Å². The van der Waals surface area contributed by atoms with Crippen molar-refractivity contribution < 1.29 is 8.78 Å². The van der Waals surface area contributed by atoms with Crippen molar-refractivity contribution in [2.75, 3.05) is 6.54 Å². The molecule has 4 heteroatoms. The van der Waals surface area contributed by atoms with Gasteiger partial charge in [-0.25, -0.2) is 8.78 Å². The van der Waals surface area contributed by atoms with Crippen molar-refractivity contribution in [1.29, 1.82) is 0 Å². The Kier molecular flexibility index (Phi) is 3.63. The second-order valence-corrected chi connectivity index (χ2v) is 3.19. The van der Waals surface area contributed by atoms with Crippen LogP contribution in [-0.2, 0) is 6.42 Å². The molecule has 72 valence electrons. The Morgan fingerprint density at radius 1 is 1.31 bits per heavy atom. The average Bonchev–Trinajstić information content (AvgIpc) is 2.09. The van der Waals surface area contributed by atoms with Gasteiger partial charge in [0.15, 0.2) is 11.6 Å². The zero-order valence-corrected chi connectivity index (χ0v) is 7.74. The summed E-state index contributed by atoms with van der Waals surface area (Å²) in [5, 5.41) is 0.214. The maximum absolute atomic E-state index is 13.0. The second-order valence-electron chi connectivity index (χ2n) is 2.75. The number of rotatable bonds is 3. The summed E-state index contributed by atoms with van der Waals surface area (Å²) < 4.78 is 25.8. The van der Waals surface area contributed by atoms with Crippen LogP contribution < -0.4 is 5.73 Å². The zero-order chi connectivity index (χ0) is 9.84. The fourth-order valence-electron chi connectivity index (χ4n) is 1.08. The van der Waals surface area contributed by atoms with E-state index in [0.717, 1.165) is 6.07 Å². The molecule has 0 aliphatic rings. The van der Waals surface area contributed by atoms with Gasteiger partial charge in [-0.1, -0.05) is 11.6 Å². The van der Waals surface area contributed by atoms with Gasteiger partial charge in [-0.3, -0.25) is 0 Å². The molecule has 0 fully saturated rings. The summed E-state index contributed by atoms with van der Waals surface area (Å²) >= 11 is 5.56. The highest BCUT2D eigenvalue weighted by atomic mass is 35.5. The smallest absolute Gasteiger partial charge is 0.162 e. The number of aryl methyl sites for hydroxylation is 1. The minimum Gasteiger partial charge on any atom is -0.330 e. The van der Waals surface area contributed by atoms with Gasteiger partial charge in [0.05, 0.1) is 0 Å². The molecule has 0 aliphatic carbocycles. The van der Waals surface area contributed by atoms with Gasteiger partial charge in [-0.15, -0.1) is 0 Å². The zero-order valence-electron chi connectivity index (χ0n) is 6.99. The molecule has 2 N–H and O–H groups in total. The highest BCUT2D eigenvalue weighted by Crippen LogP contribution is 2.19. The molecule has 0 amide bonds. The number of hydrogen-bond acceptors (Lipinski definition) is 1. The van der Waals surface area contributed by atoms with Gasteiger partial charge in [-0.2, -0.15) is 0 Å². The fraction of sp³-hybridized carbons (Fsp3) is 0.333. The Bertz CT molecular complexity index is 302. The summed E-state index contributed by atoms with van der Waals surface area (Å²) in [5.41, 5.74) is 5.54. The number of halogens is 3. The van der Waals surface area contributed by atoms with Gasteiger partial charge in [-0.05, 0) is 37.1 Å². The maximum Gasteiger partial charge on any atom is 0.162 e. The van der Waals surface area contributed by atoms with E-state index in [1.165, 1.54) is 6.07 Å². The van der Waals surface area contributed by atoms with Crippen molar-refractivity contribution in [3.05, 3.63) is 34.4 Å². The summed E-state index contributed by atoms with van der Waals surface area (Å²) in [6.07, 6.45) is 1.04. The fourth-order valence-corrected chi connectivity index (χ4v) is 1.31. The highest BCUT2D eigenvalue weighted by Gasteiger charge is 2.09. The SMILES string of the molecule is NCCCc1cc(Cl)cc(F)c1F. The lowest BCUT2D eigenvalue weighted by atomic mass is 10.1. The van der Waals surface area contributed by atoms with Crippen LogP contribution in [0.1, 0.15) is 12.0 Å². The molecule has 0 saturated heterocycles. The monoisotopic (exact) mass is 205 g/mol. The summed E-state index contributed by atoms with van der Waals surface area (Å²) in [7, 11) is 0. The molecule has 0 spiro atoms. The van der Waals surface area contributed by atoms with Crippen molar-refractivity contribution >= 4 is 11.6 Å². The maximum atomic E-state index is 13.0. The van der Waals surface area contributed by atoms with Crippen LogP contribution >= 0.6 is 11.6 Å². The Balaban J connectivity index is 2.92. The average molecular weight is 206 g/mol. The number of hydrogen-bond donors (Lipinski definition) is 1. The molecule has 1 nitrogen and oxygen atoms in total. The molecule has 0 aromatic heterocycles. The van der Waals surface area contributed by atoms with Crippen LogP contribution in [0.15, 0.2) is 12.1 Å². The van der Waals surface area contributed by atoms with Crippen molar-refractivity contribution in [2.24, 2.45) is 5.73 Å². The number of nitrogens with two attached hydrogens (primary N) is 1. The molecule has 1 aromatic rings. The van der Waals surface area contributed by atoms with Crippen molar-refractivity contribution in [3.63, 3.8) is 0 Å². The molecular formula is C9H10ClF2N. The van der Waals surface area contributed by atoms with Crippen LogP contribution in [0, 0.1) is 11.6 Å². The Labute approximate surface area is 80.5 Å². The molecule has 13 heavy (non-hydrogen) atoms. The molecule has 0 aliphatic heterocycles. The standard InChI is InChI=1S/C9H10ClF2N/c10-7-4-6(2-1-3-13)9(12)8(11)5-7/h4-5H,1-3,13H2. The molecule has 1 rings (SSSR count). The van der Waals surface area contributed by atoms with Gasteiger partial charge in [0.1, 0.15) is 0 Å². The molecule has 1 aromatic carbocycles. The van der Waals surface area contributed by atoms with E-state index in [9.17, 15) is 8.78 Å². The van der Waals surface area contributed by atoms with E-state index in [-0.39, 0.29) is 10.6 Å². The third kappa shape index (κ3) is 2.64. The molecule has 0 saturated carbocycles. The summed E-state index contributed by atoms with van der Waals surface area (Å²) in [4.78, 5) is 0. The van der Waals surface area contributed by atoms with E-state index in [0.29, 0.717) is 19.4 Å². The minimum atomic E-state index is -0.903. The number of benzene rings is 1. The van der Waals surface area contributed by atoms with E-state index < -0.39 is 11.6 Å². The highest BCUT2D eigenvalue weighted by molar-refractivity contribution is 6.30. The van der Waals surface area contributed by atoms with E-state index in [1.54, 1.807) is 0 Å². The predicted octanol–water partition coefficient (Wildman–Crippen LogP) is 2.51. The van der Waals surface area contributed by atoms with Gasteiger partial charge in [0.25, 0.3) is 0 Å². The first-order valence-corrected chi connectivity index (χ1v) is 4.36. The van der Waals surface area contributed by atoms with Crippen molar-refractivity contribution in [1.82, 2.24) is 0 Å². The Morgan fingerprint density at radius 3 is 2.62 bits per heavy atom. The summed E-state index contributed by atoms with van der Waals surface area (Å²) in [6, 6.07) is 2.39. The van der Waals surface area contributed by atoms with E-state index in [1.807, 2.05) is 0 Å². The van der Waals surface area contributed by atoms with Crippen molar-refractivity contribution in [3.8, 4) is 0 Å². The van der Waals surface area contributed by atoms with Crippen LogP contribution in [0.3, 0.4) is 0 Å². The minimum absolute atomic E-state index is 0.214. The van der Waals surface area contributed by atoms with Crippen LogP contribution in [0.4, 0.5) is 8.78 Å². The first-order valence-electron chi connectivity index (χ1n) is 3.98. The molecular weight excluding hydrogens is 196 g/mol. The lowest BCUT2D eigenvalue weighted by Crippen LogP contribution is -2.02. The second kappa shape index (κ2) is 4.53. The van der Waals surface area contributed by atoms with Crippen LogP contribution in [-0.4, -0.2) is 6.54 Å². The third-order valence-corrected chi connectivity index (χ3v) is 1.94. The molecule has 0 heterocycles. The predicted molar refractivity (Wildman–Crippen MR) is 48.7 cm³/mol. The lowest BCUT2D eigenvalue weighted by Gasteiger charge is -2.03. The topological polar surface area (TPSA) is 26.0 Å². The van der Waals surface area contributed by atoms with E-state index >= 15 is 0 Å². The molecule has 0 bridgehead atoms. The Morgan fingerprint density at radius 2 is 2.00 bits per heavy atom. The summed E-state index contributed by atoms with van der Waals surface area (Å²) in [5.74, 6) is -1.72.